The molecule has 0 aliphatic carbocycles. The van der Waals surface area contributed by atoms with E-state index in [-0.39, 0.29) is 0 Å². The molecule has 7 heteroatoms. The van der Waals surface area contributed by atoms with Crippen LogP contribution in [0.1, 0.15) is 39.8 Å². The molecule has 0 radical (unpaired) electrons. The molecule has 4 unspecified atom stereocenters. The van der Waals surface area contributed by atoms with E-state index >= 15 is 0 Å². The normalized spacial score (nSPS) is 24.8. The van der Waals surface area contributed by atoms with Crippen molar-refractivity contribution in [3.8, 4) is 12.1 Å². The Morgan fingerprint density at radius 3 is 1.89 bits per heavy atom. The summed E-state index contributed by atoms with van der Waals surface area (Å²) in [5.41, 5.74) is -0.0336. The number of nitrogens with zero attached hydrogens (tertiary/aromatic N) is 2. The van der Waals surface area contributed by atoms with Crippen LogP contribution >= 0.6 is 15.9 Å². The Morgan fingerprint density at radius 2 is 1.42 bits per heavy atom. The van der Waals surface area contributed by atoms with E-state index in [1.165, 1.54) is 7.11 Å². The van der Waals surface area contributed by atoms with Gasteiger partial charge in [0.2, 0.25) is 0 Å². The zero-order chi connectivity index (χ0) is 26.1. The van der Waals surface area contributed by atoms with Crippen molar-refractivity contribution in [2.24, 2.45) is 11.3 Å². The zero-order valence-corrected chi connectivity index (χ0v) is 21.8. The molecule has 1 heterocycles. The highest BCUT2D eigenvalue weighted by atomic mass is 79.9. The van der Waals surface area contributed by atoms with Gasteiger partial charge in [-0.2, -0.15) is 10.5 Å². The lowest BCUT2D eigenvalue weighted by Gasteiger charge is -2.53. The number of nitrogens with one attached hydrogen (secondary N) is 1. The fourth-order valence-corrected chi connectivity index (χ4v) is 5.40. The molecule has 3 aromatic carbocycles. The lowest BCUT2D eigenvalue weighted by Crippen LogP contribution is -2.64. The molecule has 0 amide bonds. The summed E-state index contributed by atoms with van der Waals surface area (Å²) in [5, 5.41) is 36.7. The number of hydrogen-bond acceptors (Lipinski definition) is 6. The minimum absolute atomic E-state index is 0.416. The summed E-state index contributed by atoms with van der Waals surface area (Å²) in [6.07, 6.45) is 0. The van der Waals surface area contributed by atoms with E-state index < -0.39 is 35.0 Å². The van der Waals surface area contributed by atoms with Crippen LogP contribution in [-0.4, -0.2) is 18.2 Å². The third kappa shape index (κ3) is 4.20. The van der Waals surface area contributed by atoms with Crippen LogP contribution in [0.15, 0.2) is 77.3 Å². The van der Waals surface area contributed by atoms with Crippen LogP contribution in [-0.2, 0) is 15.3 Å². The van der Waals surface area contributed by atoms with Gasteiger partial charge in [0.1, 0.15) is 5.92 Å². The van der Waals surface area contributed by atoms with Crippen molar-refractivity contribution in [1.29, 1.82) is 10.5 Å². The molecule has 182 valence electrons. The molecule has 3 aromatic rings. The van der Waals surface area contributed by atoms with Crippen molar-refractivity contribution in [2.75, 3.05) is 7.11 Å². The van der Waals surface area contributed by atoms with Crippen molar-refractivity contribution >= 4 is 21.9 Å². The molecule has 6 nitrogen and oxygen atoms in total. The minimum Gasteiger partial charge on any atom is -0.469 e. The minimum atomic E-state index is -1.95. The Bertz CT molecular complexity index is 1330. The highest BCUT2D eigenvalue weighted by molar-refractivity contribution is 9.10. The Hall–Kier alpha value is -3.49. The van der Waals surface area contributed by atoms with E-state index in [0.717, 1.165) is 15.6 Å². The Labute approximate surface area is 219 Å². The van der Waals surface area contributed by atoms with Gasteiger partial charge < -0.3 is 9.84 Å². The number of benzene rings is 3. The smallest absolute Gasteiger partial charge is 0.314 e. The van der Waals surface area contributed by atoms with Crippen LogP contribution in [0.4, 0.5) is 0 Å². The number of ether oxygens (including phenoxy) is 1. The number of aryl methyl sites for hydroxylation is 2. The van der Waals surface area contributed by atoms with E-state index in [1.807, 2.05) is 50.2 Å². The summed E-state index contributed by atoms with van der Waals surface area (Å²) in [6, 6.07) is 25.3. The monoisotopic (exact) mass is 543 g/mol. The van der Waals surface area contributed by atoms with Crippen molar-refractivity contribution < 1.29 is 14.6 Å². The quantitative estimate of drug-likeness (QED) is 0.440. The first-order valence-corrected chi connectivity index (χ1v) is 12.3. The van der Waals surface area contributed by atoms with Crippen LogP contribution < -0.4 is 5.32 Å². The first-order chi connectivity index (χ1) is 17.2. The molecular formula is C29H26BrN3O3. The molecule has 0 saturated carbocycles. The zero-order valence-electron chi connectivity index (χ0n) is 20.2. The molecule has 0 spiro atoms. The van der Waals surface area contributed by atoms with Gasteiger partial charge in [-0.3, -0.25) is 10.1 Å². The molecule has 2 N–H and O–H groups in total. The van der Waals surface area contributed by atoms with Gasteiger partial charge in [-0.15, -0.1) is 0 Å². The third-order valence-electron chi connectivity index (χ3n) is 7.05. The van der Waals surface area contributed by atoms with E-state index in [0.29, 0.717) is 16.7 Å². The van der Waals surface area contributed by atoms with E-state index in [1.54, 1.807) is 36.4 Å². The molecule has 1 aliphatic rings. The molecule has 1 aliphatic heterocycles. The second kappa shape index (κ2) is 9.87. The van der Waals surface area contributed by atoms with Gasteiger partial charge in [0.15, 0.2) is 11.1 Å². The number of methoxy groups -OCH3 is 1. The van der Waals surface area contributed by atoms with Gasteiger partial charge in [0, 0.05) is 10.4 Å². The van der Waals surface area contributed by atoms with Gasteiger partial charge in [-0.1, -0.05) is 87.7 Å². The van der Waals surface area contributed by atoms with Crippen LogP contribution in [0, 0.1) is 47.8 Å². The summed E-state index contributed by atoms with van der Waals surface area (Å²) >= 11 is 3.42. The Morgan fingerprint density at radius 1 is 0.917 bits per heavy atom. The SMILES string of the molecule is COC(=O)C1C(c2ccc(C)cc2)C(C#N)(C#N)C(c2ccc(C)cc2)NC1(O)c1ccc(Br)cc1. The van der Waals surface area contributed by atoms with Gasteiger partial charge in [-0.25, -0.2) is 0 Å². The molecular weight excluding hydrogens is 518 g/mol. The van der Waals surface area contributed by atoms with Crippen molar-refractivity contribution in [2.45, 2.75) is 31.5 Å². The molecule has 1 saturated heterocycles. The Kier molecular flexibility index (Phi) is 7.02. The number of carbonyl (C=O) groups is 1. The third-order valence-corrected chi connectivity index (χ3v) is 7.58. The van der Waals surface area contributed by atoms with Crippen LogP contribution in [0.3, 0.4) is 0 Å². The molecule has 0 aromatic heterocycles. The fourth-order valence-electron chi connectivity index (χ4n) is 5.14. The van der Waals surface area contributed by atoms with Gasteiger partial charge in [0.05, 0.1) is 25.3 Å². The van der Waals surface area contributed by atoms with Crippen LogP contribution in [0.2, 0.25) is 0 Å². The van der Waals surface area contributed by atoms with E-state index in [9.17, 15) is 20.4 Å². The molecule has 4 atom stereocenters. The summed E-state index contributed by atoms with van der Waals surface area (Å²) in [7, 11) is 1.24. The number of rotatable bonds is 4. The van der Waals surface area contributed by atoms with Crippen LogP contribution in [0.25, 0.3) is 0 Å². The number of esters is 1. The molecule has 0 bridgehead atoms. The average Bonchev–Trinajstić information content (AvgIpc) is 2.89. The fraction of sp³-hybridized carbons (Fsp3) is 0.276. The summed E-state index contributed by atoms with van der Waals surface area (Å²) in [4.78, 5) is 13.4. The second-order valence-electron chi connectivity index (χ2n) is 9.24. The maximum absolute atomic E-state index is 13.4. The lowest BCUT2D eigenvalue weighted by atomic mass is 9.56. The lowest BCUT2D eigenvalue weighted by molar-refractivity contribution is -0.176. The maximum Gasteiger partial charge on any atom is 0.314 e. The number of aliphatic hydroxyl groups is 1. The van der Waals surface area contributed by atoms with Gasteiger partial charge in [-0.05, 0) is 42.7 Å². The highest BCUT2D eigenvalue weighted by Gasteiger charge is 2.65. The van der Waals surface area contributed by atoms with E-state index in [2.05, 4.69) is 33.4 Å². The largest absolute Gasteiger partial charge is 0.469 e. The molecule has 4 rings (SSSR count). The van der Waals surface area contributed by atoms with Gasteiger partial charge in [0.25, 0.3) is 0 Å². The topological polar surface area (TPSA) is 106 Å². The predicted molar refractivity (Wildman–Crippen MR) is 138 cm³/mol. The van der Waals surface area contributed by atoms with Crippen LogP contribution in [0.5, 0.6) is 0 Å². The van der Waals surface area contributed by atoms with Gasteiger partial charge >= 0.3 is 5.97 Å². The van der Waals surface area contributed by atoms with Crippen molar-refractivity contribution in [1.82, 2.24) is 5.32 Å². The highest BCUT2D eigenvalue weighted by Crippen LogP contribution is 2.58. The number of hydrogen-bond donors (Lipinski definition) is 2. The van der Waals surface area contributed by atoms with Crippen molar-refractivity contribution in [3.05, 3.63) is 105 Å². The number of piperidine rings is 1. The maximum atomic E-state index is 13.4. The average molecular weight is 544 g/mol. The number of halogens is 1. The molecule has 1 fully saturated rings. The second-order valence-corrected chi connectivity index (χ2v) is 10.2. The number of nitriles is 2. The summed E-state index contributed by atoms with van der Waals surface area (Å²) in [5.74, 6) is -3.04. The molecule has 36 heavy (non-hydrogen) atoms. The Balaban J connectivity index is 2.07. The summed E-state index contributed by atoms with van der Waals surface area (Å²) in [6.45, 7) is 3.87. The predicted octanol–water partition coefficient (Wildman–Crippen LogP) is 5.16. The van der Waals surface area contributed by atoms with Crippen molar-refractivity contribution in [3.63, 3.8) is 0 Å². The van der Waals surface area contributed by atoms with E-state index in [4.69, 9.17) is 4.74 Å². The standard InChI is InChI=1S/C29H26BrN3O3/c1-18-4-8-20(9-5-18)24-25(27(34)36-3)29(35,22-12-14-23(30)15-13-22)33-26(28(24,16-31)17-32)21-10-6-19(2)7-11-21/h4-15,24-26,33,35H,1-3H3. The number of carbonyl (C=O) groups excluding carboxylic acids is 1. The first kappa shape index (κ1) is 25.6. The first-order valence-electron chi connectivity index (χ1n) is 11.5. The summed E-state index contributed by atoms with van der Waals surface area (Å²) < 4.78 is 5.98.